The molecule has 23 heavy (non-hydrogen) atoms. The van der Waals surface area contributed by atoms with Crippen LogP contribution in [-0.4, -0.2) is 11.9 Å². The lowest BCUT2D eigenvalue weighted by Gasteiger charge is -2.15. The van der Waals surface area contributed by atoms with E-state index >= 15 is 0 Å². The van der Waals surface area contributed by atoms with E-state index in [2.05, 4.69) is 18.2 Å². The molecular weight excluding hydrogens is 301 g/mol. The van der Waals surface area contributed by atoms with Crippen molar-refractivity contribution in [3.8, 4) is 0 Å². The van der Waals surface area contributed by atoms with Crippen molar-refractivity contribution in [3.63, 3.8) is 0 Å². The Bertz CT molecular complexity index is 693. The third-order valence-electron chi connectivity index (χ3n) is 3.08. The minimum atomic E-state index is -4.65. The Balaban J connectivity index is 3.62. The number of aliphatic imine (C=N–C) groups is 1. The molecule has 0 aliphatic heterocycles. The minimum Gasteiger partial charge on any atom is -0.404 e. The highest BCUT2D eigenvalue weighted by Gasteiger charge is 2.38. The zero-order valence-electron chi connectivity index (χ0n) is 13.1. The number of hydrogen-bond donors (Lipinski definition) is 1. The molecule has 0 amide bonds. The maximum Gasteiger partial charge on any atom is 0.434 e. The molecule has 0 fully saturated rings. The molecule has 122 valence electrons. The molecule has 0 saturated heterocycles. The van der Waals surface area contributed by atoms with Crippen molar-refractivity contribution in [1.82, 2.24) is 0 Å². The van der Waals surface area contributed by atoms with E-state index in [0.717, 1.165) is 11.8 Å². The van der Waals surface area contributed by atoms with Crippen molar-refractivity contribution in [1.29, 1.82) is 0 Å². The summed E-state index contributed by atoms with van der Waals surface area (Å²) in [6.45, 7) is 10.3. The summed E-state index contributed by atoms with van der Waals surface area (Å²) >= 11 is 0. The molecule has 0 aliphatic carbocycles. The molecule has 0 heterocycles. The summed E-state index contributed by atoms with van der Waals surface area (Å²) in [6, 6.07) is 4.97. The molecule has 0 bridgehead atoms. The Labute approximate surface area is 134 Å². The average Bonchev–Trinajstić information content (AvgIpc) is 2.45. The summed E-state index contributed by atoms with van der Waals surface area (Å²) in [7, 11) is 0. The summed E-state index contributed by atoms with van der Waals surface area (Å²) in [5.74, 6) is 0. The number of alkyl halides is 3. The van der Waals surface area contributed by atoms with Gasteiger partial charge in [-0.05, 0) is 31.1 Å². The molecule has 2 N–H and O–H groups in total. The van der Waals surface area contributed by atoms with Gasteiger partial charge in [-0.2, -0.15) is 13.2 Å². The first kappa shape index (κ1) is 18.5. The van der Waals surface area contributed by atoms with E-state index in [0.29, 0.717) is 5.56 Å². The highest BCUT2D eigenvalue weighted by molar-refractivity contribution is 6.08. The van der Waals surface area contributed by atoms with Gasteiger partial charge < -0.3 is 5.73 Å². The average molecular weight is 320 g/mol. The molecule has 1 aromatic rings. The predicted octanol–water partition coefficient (Wildman–Crippen LogP) is 5.25. The molecule has 0 atom stereocenters. The number of rotatable bonds is 5. The Morgan fingerprint density at radius 3 is 2.43 bits per heavy atom. The fourth-order valence-electron chi connectivity index (χ4n) is 1.96. The van der Waals surface area contributed by atoms with E-state index in [9.17, 15) is 13.2 Å². The van der Waals surface area contributed by atoms with Gasteiger partial charge in [-0.1, -0.05) is 43.5 Å². The molecule has 0 aliphatic rings. The lowest BCUT2D eigenvalue weighted by molar-refractivity contribution is -0.0581. The number of nitrogens with zero attached hydrogens (tertiary/aromatic N) is 1. The third kappa shape index (κ3) is 4.71. The van der Waals surface area contributed by atoms with Gasteiger partial charge >= 0.3 is 6.18 Å². The summed E-state index contributed by atoms with van der Waals surface area (Å²) in [5.41, 5.74) is 5.85. The fourth-order valence-corrected chi connectivity index (χ4v) is 1.96. The van der Waals surface area contributed by atoms with Crippen molar-refractivity contribution >= 4 is 17.5 Å². The molecule has 0 spiro atoms. The van der Waals surface area contributed by atoms with Gasteiger partial charge in [0.05, 0.1) is 5.69 Å². The Kier molecular flexibility index (Phi) is 6.13. The van der Waals surface area contributed by atoms with Crippen molar-refractivity contribution in [2.75, 3.05) is 0 Å². The zero-order valence-corrected chi connectivity index (χ0v) is 13.1. The topological polar surface area (TPSA) is 38.4 Å². The van der Waals surface area contributed by atoms with Crippen LogP contribution < -0.4 is 5.73 Å². The van der Waals surface area contributed by atoms with Crippen LogP contribution in [-0.2, 0) is 0 Å². The smallest absolute Gasteiger partial charge is 0.404 e. The molecule has 1 rings (SSSR count). The molecular formula is C18H19F3N2. The lowest BCUT2D eigenvalue weighted by Crippen LogP contribution is -2.26. The molecule has 1 aromatic carbocycles. The number of nitrogens with two attached hydrogens (primary N) is 1. The highest BCUT2D eigenvalue weighted by atomic mass is 19.4. The summed E-state index contributed by atoms with van der Waals surface area (Å²) < 4.78 is 40.2. The van der Waals surface area contributed by atoms with Crippen molar-refractivity contribution in [2.24, 2.45) is 10.7 Å². The molecule has 0 radical (unpaired) electrons. The van der Waals surface area contributed by atoms with E-state index < -0.39 is 11.9 Å². The lowest BCUT2D eigenvalue weighted by atomic mass is 10.0. The first-order chi connectivity index (χ1) is 10.7. The van der Waals surface area contributed by atoms with Crippen LogP contribution in [0.25, 0.3) is 6.08 Å². The summed E-state index contributed by atoms with van der Waals surface area (Å²) in [6.07, 6.45) is 1.09. The van der Waals surface area contributed by atoms with Gasteiger partial charge in [0.1, 0.15) is 0 Å². The van der Waals surface area contributed by atoms with E-state index in [1.54, 1.807) is 37.3 Å². The number of benzene rings is 1. The first-order valence-electron chi connectivity index (χ1n) is 6.85. The van der Waals surface area contributed by atoms with Crippen LogP contribution in [0.3, 0.4) is 0 Å². The Morgan fingerprint density at radius 1 is 1.30 bits per heavy atom. The van der Waals surface area contributed by atoms with Gasteiger partial charge in [-0.15, -0.1) is 0 Å². The number of halogens is 3. The van der Waals surface area contributed by atoms with Crippen LogP contribution in [0.4, 0.5) is 18.9 Å². The molecule has 2 nitrogen and oxygen atoms in total. The predicted molar refractivity (Wildman–Crippen MR) is 90.6 cm³/mol. The van der Waals surface area contributed by atoms with E-state index in [1.807, 2.05) is 0 Å². The van der Waals surface area contributed by atoms with E-state index in [4.69, 9.17) is 5.73 Å². The van der Waals surface area contributed by atoms with Crippen molar-refractivity contribution < 1.29 is 13.2 Å². The van der Waals surface area contributed by atoms with Gasteiger partial charge in [0, 0.05) is 17.3 Å². The van der Waals surface area contributed by atoms with Crippen LogP contribution in [0.2, 0.25) is 0 Å². The maximum atomic E-state index is 13.4. The van der Waals surface area contributed by atoms with Crippen LogP contribution in [0.5, 0.6) is 0 Å². The number of hydrogen-bond acceptors (Lipinski definition) is 2. The number of allylic oxidation sites excluding steroid dienone is 4. The van der Waals surface area contributed by atoms with Crippen LogP contribution >= 0.6 is 0 Å². The second-order valence-corrected chi connectivity index (χ2v) is 4.92. The minimum absolute atomic E-state index is 0.194. The molecule has 0 unspecified atom stereocenters. The molecule has 5 heteroatoms. The Morgan fingerprint density at radius 2 is 1.96 bits per heavy atom. The quantitative estimate of drug-likeness (QED) is 0.584. The normalized spacial score (nSPS) is 13.4. The SMILES string of the molecule is C=C/C=C\c1c(C)cccc1N=C(C(=CN)C(=C)C)C(F)(F)F. The first-order valence-corrected chi connectivity index (χ1v) is 6.85. The monoisotopic (exact) mass is 320 g/mol. The standard InChI is InChI=1S/C18H19F3N2/c1-5-6-9-14-13(4)8-7-10-16(14)23-17(18(19,20)21)15(11-22)12(2)3/h5-11H,1-2,22H2,3-4H3/b9-6-,15-11?,23-17?. The second kappa shape index (κ2) is 7.63. The van der Waals surface area contributed by atoms with Gasteiger partial charge in [0.15, 0.2) is 5.71 Å². The van der Waals surface area contributed by atoms with Crippen LogP contribution in [0.15, 0.2) is 65.8 Å². The maximum absolute atomic E-state index is 13.4. The van der Waals surface area contributed by atoms with Crippen molar-refractivity contribution in [2.45, 2.75) is 20.0 Å². The summed E-state index contributed by atoms with van der Waals surface area (Å²) in [5, 5.41) is 0. The third-order valence-corrected chi connectivity index (χ3v) is 3.08. The molecule has 0 saturated carbocycles. The fraction of sp³-hybridized carbons (Fsp3) is 0.167. The van der Waals surface area contributed by atoms with Crippen LogP contribution in [0, 0.1) is 6.92 Å². The van der Waals surface area contributed by atoms with Crippen molar-refractivity contribution in [3.05, 3.63) is 72.0 Å². The van der Waals surface area contributed by atoms with Gasteiger partial charge in [-0.3, -0.25) is 0 Å². The van der Waals surface area contributed by atoms with Crippen LogP contribution in [0.1, 0.15) is 18.1 Å². The highest BCUT2D eigenvalue weighted by Crippen LogP contribution is 2.31. The van der Waals surface area contributed by atoms with Gasteiger partial charge in [-0.25, -0.2) is 4.99 Å². The summed E-state index contributed by atoms with van der Waals surface area (Å²) in [4.78, 5) is 3.83. The zero-order chi connectivity index (χ0) is 17.6. The van der Waals surface area contributed by atoms with Gasteiger partial charge in [0.25, 0.3) is 0 Å². The largest absolute Gasteiger partial charge is 0.434 e. The van der Waals surface area contributed by atoms with Gasteiger partial charge in [0.2, 0.25) is 0 Å². The van der Waals surface area contributed by atoms with E-state index in [1.165, 1.54) is 13.0 Å². The number of aryl methyl sites for hydroxylation is 1. The Hall–Kier alpha value is -2.56. The second-order valence-electron chi connectivity index (χ2n) is 4.92. The van der Waals surface area contributed by atoms with E-state index in [-0.39, 0.29) is 16.8 Å². The molecule has 0 aromatic heterocycles.